The molecule has 8 aromatic rings. The molecule has 0 aliphatic carbocycles. The van der Waals surface area contributed by atoms with Crippen LogP contribution in [0, 0.1) is 18.3 Å². The topological polar surface area (TPSA) is 50.9 Å². The van der Waals surface area contributed by atoms with Gasteiger partial charge in [0.05, 0.1) is 23.7 Å². The molecule has 6 aromatic carbocycles. The molecule has 0 amide bonds. The van der Waals surface area contributed by atoms with Crippen LogP contribution in [0.25, 0.3) is 72.7 Å². The first-order valence-electron chi connectivity index (χ1n) is 34.4. The summed E-state index contributed by atoms with van der Waals surface area (Å²) < 4.78 is 213. The van der Waals surface area contributed by atoms with E-state index in [1.165, 1.54) is 29.0 Å². The number of imidazole rings is 1. The van der Waals surface area contributed by atoms with Gasteiger partial charge in [0.15, 0.2) is 0 Å². The van der Waals surface area contributed by atoms with Crippen molar-refractivity contribution in [2.75, 3.05) is 0 Å². The van der Waals surface area contributed by atoms with E-state index in [1.807, 2.05) is 59.7 Å². The predicted molar refractivity (Wildman–Crippen MR) is 289 cm³/mol. The van der Waals surface area contributed by atoms with Gasteiger partial charge in [0.2, 0.25) is 0 Å². The monoisotopic (exact) mass is 1120 g/mol. The van der Waals surface area contributed by atoms with Crippen LogP contribution in [-0.2, 0) is 49.1 Å². The zero-order valence-corrected chi connectivity index (χ0v) is 42.4. The van der Waals surface area contributed by atoms with Gasteiger partial charge in [-0.15, -0.1) is 29.3 Å². The second kappa shape index (κ2) is 18.6. The smallest absolute Gasteiger partial charge is 0.148 e. The van der Waals surface area contributed by atoms with E-state index in [2.05, 4.69) is 6.07 Å². The number of aromatic hydroxyl groups is 1. The molecule has 0 radical (unpaired) electrons. The van der Waals surface area contributed by atoms with Gasteiger partial charge in [-0.05, 0) is 110 Å². The van der Waals surface area contributed by atoms with E-state index in [-0.39, 0.29) is 83.4 Å². The summed E-state index contributed by atoms with van der Waals surface area (Å²) in [6.45, 7) is -10.9. The van der Waals surface area contributed by atoms with Crippen molar-refractivity contribution in [3.05, 3.63) is 167 Å². The molecular formula is C64H72N3OPt-. The van der Waals surface area contributed by atoms with Crippen LogP contribution in [0.3, 0.4) is 0 Å². The van der Waals surface area contributed by atoms with Gasteiger partial charge in [-0.25, -0.2) is 4.98 Å². The van der Waals surface area contributed by atoms with E-state index in [9.17, 15) is 6.48 Å². The molecule has 0 aliphatic heterocycles. The maximum absolute atomic E-state index is 13.1. The van der Waals surface area contributed by atoms with Crippen LogP contribution in [0.2, 0.25) is 0 Å². The number of phenolic OH excluding ortho intramolecular Hbond substituents is 1. The minimum absolute atomic E-state index is 0. The van der Waals surface area contributed by atoms with Crippen molar-refractivity contribution < 1.29 is 59.1 Å². The van der Waals surface area contributed by atoms with Crippen LogP contribution in [0.5, 0.6) is 5.75 Å². The summed E-state index contributed by atoms with van der Waals surface area (Å²) >= 11 is 0. The number of fused-ring (bicyclic) bond motifs is 1. The molecule has 0 bridgehead atoms. The molecule has 0 saturated heterocycles. The Morgan fingerprint density at radius 1 is 0.623 bits per heavy atom. The van der Waals surface area contributed by atoms with Crippen molar-refractivity contribution in [3.8, 4) is 67.5 Å². The van der Waals surface area contributed by atoms with Crippen LogP contribution in [0.15, 0.2) is 128 Å². The number of phenols is 1. The van der Waals surface area contributed by atoms with Gasteiger partial charge in [-0.1, -0.05) is 193 Å². The number of pyridine rings is 1. The maximum atomic E-state index is 13.1. The first-order valence-corrected chi connectivity index (χ1v) is 22.4. The third-order valence-electron chi connectivity index (χ3n) is 11.9. The third kappa shape index (κ3) is 10.8. The molecule has 0 fully saturated rings. The maximum Gasteiger partial charge on any atom is 0.148 e. The molecule has 1 N–H and O–H groups in total. The summed E-state index contributed by atoms with van der Waals surface area (Å²) in [4.78, 5) is 9.89. The first kappa shape index (κ1) is 28.3. The van der Waals surface area contributed by atoms with E-state index in [1.54, 1.807) is 87.5 Å². The molecule has 0 unspecified atom stereocenters. The second-order valence-electron chi connectivity index (χ2n) is 20.6. The minimum atomic E-state index is -4.20. The minimum Gasteiger partial charge on any atom is -0.507 e. The molecule has 8 rings (SSSR count). The summed E-state index contributed by atoms with van der Waals surface area (Å²) in [5, 5.41) is 13.1. The van der Waals surface area contributed by atoms with E-state index in [0.717, 1.165) is 5.56 Å². The van der Waals surface area contributed by atoms with Crippen molar-refractivity contribution >= 4 is 11.0 Å². The van der Waals surface area contributed by atoms with E-state index >= 15 is 0 Å². The average Bonchev–Trinajstić information content (AvgIpc) is 0.773. The Bertz CT molecular complexity index is 4060. The number of benzene rings is 6. The van der Waals surface area contributed by atoms with E-state index in [4.69, 9.17) is 41.5 Å². The molecule has 0 saturated carbocycles. The Morgan fingerprint density at radius 3 is 1.97 bits per heavy atom. The standard InChI is InChI=1S/C64H72N3O.Pt/c1-40-31-41(39-60(2,3)4)25-27-49(40)43-29-30-65-54(35-43)45-32-44(33-47(34-45)62(8,9)10)50-23-20-24-56-57(50)66-59(52-37-48(63(11,12)13)38-53(58(52)68)64(14,15)16)67(56)55-28-26-46(61(5,6)7)36-51(55)42-21-18-17-19-22-42;/h17-31,33-38,68H,39H2,1-16H3;/q-1;/i1D3,11D3,12D3,13D3,14D3,15D3,16D3,27D,39D2;. The second-order valence-corrected chi connectivity index (χ2v) is 20.6. The molecular weight excluding hydrogens is 1020 g/mol. The fraction of sp³-hybridized carbons (Fsp3) is 0.344. The SMILES string of the molecule is [2H]c1cc(C([2H])([2H])C(C)(C)C)cc(C([2H])([2H])[2H])c1-c1ccnc(-c2[c-]c(-c3cccc4c3nc(-c3cc(C(C([2H])([2H])[2H])(C([2H])([2H])[2H])C([2H])([2H])[2H])cc(C(C([2H])([2H])[2H])(C([2H])([2H])[2H])C([2H])([2H])[2H])c3O)n4-c3ccc(C(C)(C)C)cc3-c3ccccc3)cc(C(C)(C)C)c2)c1.[Pt]. The third-order valence-corrected chi connectivity index (χ3v) is 11.9. The van der Waals surface area contributed by atoms with Crippen molar-refractivity contribution in [2.45, 2.75) is 138 Å². The summed E-state index contributed by atoms with van der Waals surface area (Å²) in [6.07, 6.45) is -0.613. The molecule has 360 valence electrons. The Hall–Kier alpha value is -5.57. The van der Waals surface area contributed by atoms with Crippen LogP contribution in [-0.4, -0.2) is 19.6 Å². The Kier molecular flexibility index (Phi) is 7.65. The zero-order valence-electron chi connectivity index (χ0n) is 64.2. The number of nitrogens with zero attached hydrogens (tertiary/aromatic N) is 3. The van der Waals surface area contributed by atoms with Crippen LogP contribution in [0.1, 0.15) is 170 Å². The Balaban J connectivity index is 0.0000123. The number of hydrogen-bond donors (Lipinski definition) is 1. The van der Waals surface area contributed by atoms with Crippen molar-refractivity contribution in [2.24, 2.45) is 5.41 Å². The van der Waals surface area contributed by atoms with Gasteiger partial charge in [-0.2, -0.15) is 0 Å². The average molecular weight is 1120 g/mol. The summed E-state index contributed by atoms with van der Waals surface area (Å²) in [7, 11) is 0. The fourth-order valence-electron chi connectivity index (χ4n) is 8.36. The van der Waals surface area contributed by atoms with Crippen LogP contribution < -0.4 is 0 Å². The van der Waals surface area contributed by atoms with Gasteiger partial charge in [0.1, 0.15) is 11.6 Å². The number of aryl methyl sites for hydroxylation is 1. The molecule has 0 aliphatic rings. The molecule has 0 spiro atoms. The van der Waals surface area contributed by atoms with E-state index in [0.29, 0.717) is 33.9 Å². The summed E-state index contributed by atoms with van der Waals surface area (Å²) in [5.74, 6) is -1.92. The molecule has 69 heavy (non-hydrogen) atoms. The van der Waals surface area contributed by atoms with Gasteiger partial charge in [0.25, 0.3) is 0 Å². The summed E-state index contributed by atoms with van der Waals surface area (Å²) in [6, 6.07) is 32.7. The fourth-order valence-corrected chi connectivity index (χ4v) is 8.36. The van der Waals surface area contributed by atoms with Crippen molar-refractivity contribution in [3.63, 3.8) is 0 Å². The van der Waals surface area contributed by atoms with Gasteiger partial charge < -0.3 is 5.11 Å². The normalized spacial score (nSPS) is 19.3. The Morgan fingerprint density at radius 2 is 1.30 bits per heavy atom. The van der Waals surface area contributed by atoms with Gasteiger partial charge >= 0.3 is 0 Å². The molecule has 2 heterocycles. The quantitative estimate of drug-likeness (QED) is 0.162. The van der Waals surface area contributed by atoms with Gasteiger partial charge in [-0.3, -0.25) is 9.55 Å². The largest absolute Gasteiger partial charge is 0.507 e. The van der Waals surface area contributed by atoms with Crippen LogP contribution >= 0.6 is 0 Å². The van der Waals surface area contributed by atoms with Gasteiger partial charge in [0, 0.05) is 75.6 Å². The van der Waals surface area contributed by atoms with Crippen LogP contribution in [0.4, 0.5) is 0 Å². The number of rotatable bonds is 7. The number of aromatic nitrogens is 3. The Labute approximate surface area is 461 Å². The predicted octanol–water partition coefficient (Wildman–Crippen LogP) is 17.3. The van der Waals surface area contributed by atoms with Crippen molar-refractivity contribution in [1.82, 2.24) is 14.5 Å². The molecule has 0 atom stereocenters. The number of para-hydroxylation sites is 1. The van der Waals surface area contributed by atoms with Crippen molar-refractivity contribution in [1.29, 1.82) is 0 Å². The molecule has 2 aromatic heterocycles. The number of hydrogen-bond acceptors (Lipinski definition) is 3. The summed E-state index contributed by atoms with van der Waals surface area (Å²) in [5.41, 5.74) is -9.81. The molecule has 4 nitrogen and oxygen atoms in total. The molecule has 5 heteroatoms. The van der Waals surface area contributed by atoms with E-state index < -0.39 is 110 Å². The zero-order chi connectivity index (χ0) is 69.5. The first-order chi connectivity index (χ1) is 41.6.